The van der Waals surface area contributed by atoms with E-state index in [1.165, 1.54) is 5.56 Å². The van der Waals surface area contributed by atoms with Crippen LogP contribution in [0.4, 0.5) is 0 Å². The molecule has 0 aliphatic carbocycles. The molecular formula is C12H18BNO. The Kier molecular flexibility index (Phi) is 2.55. The third-order valence-corrected chi connectivity index (χ3v) is 3.63. The summed E-state index contributed by atoms with van der Waals surface area (Å²) < 4.78 is 8.44. The molecule has 0 atom stereocenters. The number of nitrogens with zero attached hydrogens (tertiary/aromatic N) is 1. The molecule has 0 N–H and O–H groups in total. The van der Waals surface area contributed by atoms with Crippen molar-refractivity contribution in [2.24, 2.45) is 0 Å². The van der Waals surface area contributed by atoms with E-state index >= 15 is 0 Å². The highest BCUT2D eigenvalue weighted by atomic mass is 16.5. The van der Waals surface area contributed by atoms with Gasteiger partial charge in [-0.1, -0.05) is 38.6 Å². The topological polar surface area (TPSA) is 12.2 Å². The SMILES string of the molecule is CC[B-]1(CC)Oc2ccccc2C=[N+]1C. The Balaban J connectivity index is 2.48. The summed E-state index contributed by atoms with van der Waals surface area (Å²) in [6, 6.07) is 8.23. The van der Waals surface area contributed by atoms with Gasteiger partial charge >= 0.3 is 6.48 Å². The van der Waals surface area contributed by atoms with Gasteiger partial charge in [0.15, 0.2) is 0 Å². The van der Waals surface area contributed by atoms with Crippen molar-refractivity contribution in [3.8, 4) is 5.75 Å². The Morgan fingerprint density at radius 1 is 1.20 bits per heavy atom. The fraction of sp³-hybridized carbons (Fsp3) is 0.417. The predicted octanol–water partition coefficient (Wildman–Crippen LogP) is 2.62. The number of hydrogen-bond acceptors (Lipinski definition) is 1. The van der Waals surface area contributed by atoms with Crippen LogP contribution in [0.25, 0.3) is 0 Å². The maximum atomic E-state index is 6.19. The molecule has 0 saturated heterocycles. The van der Waals surface area contributed by atoms with E-state index in [1.807, 2.05) is 12.1 Å². The largest absolute Gasteiger partial charge is 0.658 e. The quantitative estimate of drug-likeness (QED) is 0.673. The molecule has 1 heterocycles. The van der Waals surface area contributed by atoms with Crippen molar-refractivity contribution < 1.29 is 9.14 Å². The van der Waals surface area contributed by atoms with Gasteiger partial charge in [0.2, 0.25) is 0 Å². The molecule has 0 amide bonds. The normalized spacial score (nSPS) is 17.7. The van der Waals surface area contributed by atoms with Crippen LogP contribution in [0.1, 0.15) is 19.4 Å². The first-order chi connectivity index (χ1) is 7.22. The van der Waals surface area contributed by atoms with Gasteiger partial charge < -0.3 is 9.14 Å². The van der Waals surface area contributed by atoms with Crippen LogP contribution in [0, 0.1) is 0 Å². The van der Waals surface area contributed by atoms with Crippen molar-refractivity contribution >= 4 is 12.7 Å². The van der Waals surface area contributed by atoms with E-state index in [1.54, 1.807) is 0 Å². The average molecular weight is 203 g/mol. The van der Waals surface area contributed by atoms with Crippen molar-refractivity contribution in [3.63, 3.8) is 0 Å². The molecule has 1 aliphatic rings. The van der Waals surface area contributed by atoms with E-state index in [2.05, 4.69) is 43.7 Å². The van der Waals surface area contributed by atoms with Crippen LogP contribution in [-0.2, 0) is 0 Å². The Hall–Kier alpha value is -1.25. The third-order valence-electron chi connectivity index (χ3n) is 3.63. The lowest BCUT2D eigenvalue weighted by atomic mass is 9.46. The summed E-state index contributed by atoms with van der Waals surface area (Å²) in [4.78, 5) is 0. The average Bonchev–Trinajstić information content (AvgIpc) is 2.28. The van der Waals surface area contributed by atoms with Crippen molar-refractivity contribution in [2.45, 2.75) is 26.5 Å². The van der Waals surface area contributed by atoms with E-state index in [4.69, 9.17) is 4.65 Å². The summed E-state index contributed by atoms with van der Waals surface area (Å²) in [5.74, 6) is 1.03. The highest BCUT2D eigenvalue weighted by molar-refractivity contribution is 6.67. The van der Waals surface area contributed by atoms with Gasteiger partial charge in [-0.25, -0.2) is 0 Å². The Labute approximate surface area is 91.5 Å². The van der Waals surface area contributed by atoms with Gasteiger partial charge in [-0.3, -0.25) is 0 Å². The molecule has 0 unspecified atom stereocenters. The standard InChI is InChI=1S/C12H18BNO/c1-4-13(5-2)14(3)10-11-8-6-7-9-12(11)15-13/h6-10H,4-5H2,1-3H3. The zero-order chi connectivity index (χ0) is 10.9. The highest BCUT2D eigenvalue weighted by Gasteiger charge is 2.39. The van der Waals surface area contributed by atoms with Crippen LogP contribution in [-0.4, -0.2) is 24.2 Å². The summed E-state index contributed by atoms with van der Waals surface area (Å²) in [6.07, 6.45) is 4.31. The van der Waals surface area contributed by atoms with Crippen LogP contribution in [0.15, 0.2) is 24.3 Å². The van der Waals surface area contributed by atoms with Crippen molar-refractivity contribution in [1.82, 2.24) is 0 Å². The Morgan fingerprint density at radius 3 is 2.53 bits per heavy atom. The highest BCUT2D eigenvalue weighted by Crippen LogP contribution is 2.28. The molecule has 15 heavy (non-hydrogen) atoms. The van der Waals surface area contributed by atoms with Gasteiger partial charge in [-0.15, -0.1) is 0 Å². The summed E-state index contributed by atoms with van der Waals surface area (Å²) in [5, 5.41) is 0. The van der Waals surface area contributed by atoms with E-state index < -0.39 is 6.48 Å². The minimum absolute atomic E-state index is 0.855. The second-order valence-electron chi connectivity index (χ2n) is 4.36. The van der Waals surface area contributed by atoms with E-state index in [-0.39, 0.29) is 0 Å². The van der Waals surface area contributed by atoms with Gasteiger partial charge in [0.25, 0.3) is 0 Å². The smallest absolute Gasteiger partial charge is 0.449 e. The first-order valence-electron chi connectivity index (χ1n) is 5.75. The fourth-order valence-electron chi connectivity index (χ4n) is 2.40. The lowest BCUT2D eigenvalue weighted by molar-refractivity contribution is -0.376. The molecule has 3 heteroatoms. The number of rotatable bonds is 2. The van der Waals surface area contributed by atoms with E-state index in [9.17, 15) is 0 Å². The maximum Gasteiger partial charge on any atom is 0.449 e. The molecule has 0 fully saturated rings. The molecule has 80 valence electrons. The van der Waals surface area contributed by atoms with Gasteiger partial charge in [0.05, 0.1) is 18.4 Å². The molecule has 1 aromatic carbocycles. The molecule has 1 aliphatic heterocycles. The lowest BCUT2D eigenvalue weighted by Crippen LogP contribution is -2.53. The first kappa shape index (κ1) is 10.3. The summed E-state index contributed by atoms with van der Waals surface area (Å²) >= 11 is 0. The zero-order valence-corrected chi connectivity index (χ0v) is 9.73. The second-order valence-corrected chi connectivity index (χ2v) is 4.36. The Bertz CT molecular complexity index is 396. The predicted molar refractivity (Wildman–Crippen MR) is 65.1 cm³/mol. The number of benzene rings is 1. The number of fused-ring (bicyclic) bond motifs is 1. The minimum atomic E-state index is -0.855. The van der Waals surface area contributed by atoms with Crippen molar-refractivity contribution in [3.05, 3.63) is 29.8 Å². The van der Waals surface area contributed by atoms with Crippen LogP contribution in [0.2, 0.25) is 12.6 Å². The molecule has 0 spiro atoms. The molecule has 0 saturated carbocycles. The van der Waals surface area contributed by atoms with Crippen LogP contribution >= 0.6 is 0 Å². The molecular weight excluding hydrogens is 185 g/mol. The third kappa shape index (κ3) is 1.56. The van der Waals surface area contributed by atoms with Crippen molar-refractivity contribution in [1.29, 1.82) is 0 Å². The van der Waals surface area contributed by atoms with Crippen molar-refractivity contribution in [2.75, 3.05) is 7.05 Å². The molecule has 2 rings (SSSR count). The number of para-hydroxylation sites is 1. The van der Waals surface area contributed by atoms with Gasteiger partial charge in [-0.05, 0) is 12.1 Å². The first-order valence-corrected chi connectivity index (χ1v) is 5.75. The van der Waals surface area contributed by atoms with Gasteiger partial charge in [0.1, 0.15) is 6.21 Å². The lowest BCUT2D eigenvalue weighted by Gasteiger charge is -2.38. The second kappa shape index (κ2) is 3.72. The molecule has 1 aromatic rings. The number of hydrogen-bond donors (Lipinski definition) is 0. The molecule has 0 bridgehead atoms. The van der Waals surface area contributed by atoms with Crippen LogP contribution in [0.5, 0.6) is 5.75 Å². The summed E-state index contributed by atoms with van der Waals surface area (Å²) in [5.41, 5.74) is 1.18. The molecule has 0 radical (unpaired) electrons. The van der Waals surface area contributed by atoms with E-state index in [0.29, 0.717) is 0 Å². The van der Waals surface area contributed by atoms with Crippen LogP contribution < -0.4 is 4.65 Å². The van der Waals surface area contributed by atoms with Gasteiger partial charge in [0, 0.05) is 0 Å². The summed E-state index contributed by atoms with van der Waals surface area (Å²) in [6.45, 7) is 3.54. The molecule has 2 nitrogen and oxygen atoms in total. The summed E-state index contributed by atoms with van der Waals surface area (Å²) in [7, 11) is 2.11. The Morgan fingerprint density at radius 2 is 1.87 bits per heavy atom. The van der Waals surface area contributed by atoms with Crippen LogP contribution in [0.3, 0.4) is 0 Å². The van der Waals surface area contributed by atoms with E-state index in [0.717, 1.165) is 18.4 Å². The fourth-order valence-corrected chi connectivity index (χ4v) is 2.40. The zero-order valence-electron chi connectivity index (χ0n) is 9.73. The molecule has 0 aromatic heterocycles. The maximum absolute atomic E-state index is 6.19. The van der Waals surface area contributed by atoms with Gasteiger partial charge in [-0.2, -0.15) is 0 Å². The monoisotopic (exact) mass is 203 g/mol. The minimum Gasteiger partial charge on any atom is -0.658 e.